The summed E-state index contributed by atoms with van der Waals surface area (Å²) in [5.74, 6) is 1.12. The molecule has 0 N–H and O–H groups in total. The van der Waals surface area contributed by atoms with E-state index in [9.17, 15) is 4.79 Å². The molecule has 2 aromatic carbocycles. The van der Waals surface area contributed by atoms with Gasteiger partial charge in [0.25, 0.3) is 0 Å². The van der Waals surface area contributed by atoms with Gasteiger partial charge in [-0.15, -0.1) is 0 Å². The van der Waals surface area contributed by atoms with Crippen molar-refractivity contribution >= 4 is 17.4 Å². The Bertz CT molecular complexity index is 682. The lowest BCUT2D eigenvalue weighted by molar-refractivity contribution is 0.0915. The van der Waals surface area contributed by atoms with Gasteiger partial charge in [0.2, 0.25) is 0 Å². The van der Waals surface area contributed by atoms with E-state index in [2.05, 4.69) is 11.9 Å². The number of likely N-dealkylation sites (tertiary alicyclic amines) is 1. The van der Waals surface area contributed by atoms with Crippen LogP contribution in [0.25, 0.3) is 0 Å². The minimum absolute atomic E-state index is 0.0328. The maximum Gasteiger partial charge on any atom is 0.167 e. The standard InChI is InChI=1S/C19H20ClNO2/c1-21-11-17(13-3-7-15(20)8-4-13)18(12-21)19(22)14-5-9-16(23-2)10-6-14/h3-10,17-18H,11-12H2,1-2H3/t17-,18+/m1/s1. The first-order valence-corrected chi connectivity index (χ1v) is 8.08. The molecular formula is C19H20ClNO2. The van der Waals surface area contributed by atoms with Gasteiger partial charge in [0, 0.05) is 35.5 Å². The molecule has 0 amide bonds. The highest BCUT2D eigenvalue weighted by atomic mass is 35.5. The molecule has 0 aliphatic carbocycles. The number of rotatable bonds is 4. The van der Waals surface area contributed by atoms with Crippen molar-refractivity contribution in [3.63, 3.8) is 0 Å². The van der Waals surface area contributed by atoms with Crippen LogP contribution in [-0.2, 0) is 0 Å². The van der Waals surface area contributed by atoms with Crippen LogP contribution in [0.3, 0.4) is 0 Å². The molecule has 0 bridgehead atoms. The van der Waals surface area contributed by atoms with Crippen molar-refractivity contribution < 1.29 is 9.53 Å². The van der Waals surface area contributed by atoms with Gasteiger partial charge in [-0.05, 0) is 49.0 Å². The van der Waals surface area contributed by atoms with E-state index in [1.807, 2.05) is 48.5 Å². The van der Waals surface area contributed by atoms with E-state index < -0.39 is 0 Å². The fraction of sp³-hybridized carbons (Fsp3) is 0.316. The molecule has 1 fully saturated rings. The lowest BCUT2D eigenvalue weighted by atomic mass is 9.84. The number of nitrogens with zero attached hydrogens (tertiary/aromatic N) is 1. The second-order valence-corrected chi connectivity index (χ2v) is 6.51. The first-order valence-electron chi connectivity index (χ1n) is 7.71. The molecule has 0 radical (unpaired) electrons. The van der Waals surface area contributed by atoms with E-state index in [1.165, 1.54) is 5.56 Å². The Balaban J connectivity index is 1.86. The summed E-state index contributed by atoms with van der Waals surface area (Å²) in [4.78, 5) is 15.2. The Morgan fingerprint density at radius 3 is 2.35 bits per heavy atom. The zero-order valence-corrected chi connectivity index (χ0v) is 14.1. The molecule has 0 saturated carbocycles. The van der Waals surface area contributed by atoms with Crippen LogP contribution in [0, 0.1) is 5.92 Å². The van der Waals surface area contributed by atoms with Crippen molar-refractivity contribution in [1.29, 1.82) is 0 Å². The summed E-state index contributed by atoms with van der Waals surface area (Å²) in [5, 5.41) is 0.720. The van der Waals surface area contributed by atoms with Gasteiger partial charge in [-0.1, -0.05) is 23.7 Å². The van der Waals surface area contributed by atoms with Crippen LogP contribution in [-0.4, -0.2) is 37.9 Å². The lowest BCUT2D eigenvalue weighted by Gasteiger charge is -2.18. The van der Waals surface area contributed by atoms with Crippen LogP contribution >= 0.6 is 11.6 Å². The number of methoxy groups -OCH3 is 1. The van der Waals surface area contributed by atoms with E-state index in [1.54, 1.807) is 7.11 Å². The molecule has 1 heterocycles. The van der Waals surface area contributed by atoms with Crippen molar-refractivity contribution in [3.05, 3.63) is 64.7 Å². The van der Waals surface area contributed by atoms with Crippen molar-refractivity contribution in [2.24, 2.45) is 5.92 Å². The number of carbonyl (C=O) groups excluding carboxylic acids is 1. The van der Waals surface area contributed by atoms with Gasteiger partial charge in [-0.25, -0.2) is 0 Å². The molecule has 0 aromatic heterocycles. The highest BCUT2D eigenvalue weighted by molar-refractivity contribution is 6.30. The number of Topliss-reactive ketones (excluding diaryl/α,β-unsaturated/α-hetero) is 1. The zero-order valence-electron chi connectivity index (χ0n) is 13.3. The summed E-state index contributed by atoms with van der Waals surface area (Å²) in [5.41, 5.74) is 1.91. The SMILES string of the molecule is COc1ccc(C(=O)[C@H]2CN(C)C[C@@H]2c2ccc(Cl)cc2)cc1. The van der Waals surface area contributed by atoms with Crippen LogP contribution in [0.15, 0.2) is 48.5 Å². The number of benzene rings is 2. The molecule has 1 aliphatic heterocycles. The molecule has 2 aromatic rings. The quantitative estimate of drug-likeness (QED) is 0.797. The second-order valence-electron chi connectivity index (χ2n) is 6.08. The molecular weight excluding hydrogens is 310 g/mol. The Hall–Kier alpha value is -1.84. The molecule has 0 unspecified atom stereocenters. The number of hydrogen-bond donors (Lipinski definition) is 0. The van der Waals surface area contributed by atoms with Gasteiger partial charge >= 0.3 is 0 Å². The van der Waals surface area contributed by atoms with E-state index in [0.29, 0.717) is 0 Å². The molecule has 3 nitrogen and oxygen atoms in total. The number of halogens is 1. The molecule has 0 spiro atoms. The van der Waals surface area contributed by atoms with Crippen LogP contribution in [0.1, 0.15) is 21.8 Å². The third-order valence-electron chi connectivity index (χ3n) is 4.51. The highest BCUT2D eigenvalue weighted by Gasteiger charge is 2.37. The summed E-state index contributed by atoms with van der Waals surface area (Å²) in [6.07, 6.45) is 0. The summed E-state index contributed by atoms with van der Waals surface area (Å²) >= 11 is 5.98. The minimum atomic E-state index is -0.0328. The monoisotopic (exact) mass is 329 g/mol. The first kappa shape index (κ1) is 16.0. The van der Waals surface area contributed by atoms with E-state index in [0.717, 1.165) is 29.4 Å². The maximum atomic E-state index is 12.9. The first-order chi connectivity index (χ1) is 11.1. The fourth-order valence-electron chi connectivity index (χ4n) is 3.28. The van der Waals surface area contributed by atoms with Crippen molar-refractivity contribution in [3.8, 4) is 5.75 Å². The van der Waals surface area contributed by atoms with Gasteiger partial charge in [0.05, 0.1) is 7.11 Å². The topological polar surface area (TPSA) is 29.5 Å². The highest BCUT2D eigenvalue weighted by Crippen LogP contribution is 2.34. The Morgan fingerprint density at radius 1 is 1.09 bits per heavy atom. The third kappa shape index (κ3) is 3.41. The van der Waals surface area contributed by atoms with Crippen LogP contribution < -0.4 is 4.74 Å². The summed E-state index contributed by atoms with van der Waals surface area (Å²) in [6.45, 7) is 1.66. The Morgan fingerprint density at radius 2 is 1.74 bits per heavy atom. The summed E-state index contributed by atoms with van der Waals surface area (Å²) < 4.78 is 5.16. The van der Waals surface area contributed by atoms with E-state index in [4.69, 9.17) is 16.3 Å². The number of hydrogen-bond acceptors (Lipinski definition) is 3. The number of likely N-dealkylation sites (N-methyl/N-ethyl adjacent to an activating group) is 1. The van der Waals surface area contributed by atoms with Crippen LogP contribution in [0.4, 0.5) is 0 Å². The van der Waals surface area contributed by atoms with Crippen molar-refractivity contribution in [2.75, 3.05) is 27.2 Å². The van der Waals surface area contributed by atoms with Gasteiger partial charge in [-0.3, -0.25) is 4.79 Å². The summed E-state index contributed by atoms with van der Waals surface area (Å²) in [7, 11) is 3.68. The molecule has 4 heteroatoms. The van der Waals surface area contributed by atoms with Crippen molar-refractivity contribution in [1.82, 2.24) is 4.90 Å². The number of carbonyl (C=O) groups is 1. The van der Waals surface area contributed by atoms with Crippen LogP contribution in [0.2, 0.25) is 5.02 Å². The predicted molar refractivity (Wildman–Crippen MR) is 92.5 cm³/mol. The maximum absolute atomic E-state index is 12.9. The van der Waals surface area contributed by atoms with Gasteiger partial charge < -0.3 is 9.64 Å². The second kappa shape index (κ2) is 6.73. The van der Waals surface area contributed by atoms with E-state index >= 15 is 0 Å². The number of ether oxygens (including phenoxy) is 1. The van der Waals surface area contributed by atoms with Crippen LogP contribution in [0.5, 0.6) is 5.75 Å². The number of ketones is 1. The van der Waals surface area contributed by atoms with Gasteiger partial charge in [0.1, 0.15) is 5.75 Å². The molecule has 1 aliphatic rings. The molecule has 120 valence electrons. The van der Waals surface area contributed by atoms with Crippen molar-refractivity contribution in [2.45, 2.75) is 5.92 Å². The smallest absolute Gasteiger partial charge is 0.167 e. The largest absolute Gasteiger partial charge is 0.497 e. The lowest BCUT2D eigenvalue weighted by Crippen LogP contribution is -2.22. The Kier molecular flexibility index (Phi) is 4.69. The average Bonchev–Trinajstić information content (AvgIpc) is 2.97. The molecule has 3 rings (SSSR count). The zero-order chi connectivity index (χ0) is 16.4. The average molecular weight is 330 g/mol. The molecule has 23 heavy (non-hydrogen) atoms. The van der Waals surface area contributed by atoms with Gasteiger partial charge in [0.15, 0.2) is 5.78 Å². The minimum Gasteiger partial charge on any atom is -0.497 e. The van der Waals surface area contributed by atoms with E-state index in [-0.39, 0.29) is 17.6 Å². The van der Waals surface area contributed by atoms with Gasteiger partial charge in [-0.2, -0.15) is 0 Å². The predicted octanol–water partition coefficient (Wildman–Crippen LogP) is 3.88. The molecule has 1 saturated heterocycles. The Labute approximate surface area is 141 Å². The summed E-state index contributed by atoms with van der Waals surface area (Å²) in [6, 6.07) is 15.2. The third-order valence-corrected chi connectivity index (χ3v) is 4.76. The fourth-order valence-corrected chi connectivity index (χ4v) is 3.41. The molecule has 2 atom stereocenters. The normalized spacial score (nSPS) is 21.3.